The summed E-state index contributed by atoms with van der Waals surface area (Å²) < 4.78 is 26.9. The molecule has 11 heteroatoms. The predicted octanol–water partition coefficient (Wildman–Crippen LogP) is 1.64. The molecule has 33 heavy (non-hydrogen) atoms. The van der Waals surface area contributed by atoms with E-state index in [0.717, 1.165) is 4.90 Å². The molecule has 174 valence electrons. The van der Waals surface area contributed by atoms with E-state index in [4.69, 9.17) is 11.6 Å². The van der Waals surface area contributed by atoms with Gasteiger partial charge in [-0.15, -0.1) is 0 Å². The molecule has 0 aliphatic carbocycles. The predicted molar refractivity (Wildman–Crippen MR) is 121 cm³/mol. The highest BCUT2D eigenvalue weighted by Gasteiger charge is 2.50. The molecule has 2 aromatic rings. The van der Waals surface area contributed by atoms with Gasteiger partial charge in [-0.25, -0.2) is 13.2 Å². The molecule has 1 atom stereocenters. The quantitative estimate of drug-likeness (QED) is 0.641. The molecule has 2 saturated heterocycles. The number of piperazine rings is 1. The first-order valence-electron chi connectivity index (χ1n) is 10.4. The Hall–Kier alpha value is -2.95. The van der Waals surface area contributed by atoms with Crippen molar-refractivity contribution in [1.29, 1.82) is 0 Å². The number of sulfonamides is 1. The average Bonchev–Trinajstić information content (AvgIpc) is 3.03. The van der Waals surface area contributed by atoms with Crippen LogP contribution in [0.15, 0.2) is 59.5 Å². The van der Waals surface area contributed by atoms with Gasteiger partial charge in [-0.1, -0.05) is 48.0 Å². The largest absolute Gasteiger partial charge is 0.338 e. The lowest BCUT2D eigenvalue weighted by Crippen LogP contribution is -2.53. The van der Waals surface area contributed by atoms with Crippen molar-refractivity contribution in [2.24, 2.45) is 0 Å². The fraction of sp³-hybridized carbons (Fsp3) is 0.318. The summed E-state index contributed by atoms with van der Waals surface area (Å²) in [5.74, 6) is -1.00. The highest BCUT2D eigenvalue weighted by Crippen LogP contribution is 2.33. The second-order valence-electron chi connectivity index (χ2n) is 8.02. The number of rotatable bonds is 5. The van der Waals surface area contributed by atoms with Crippen LogP contribution >= 0.6 is 11.6 Å². The number of benzene rings is 2. The monoisotopic (exact) mass is 490 g/mol. The van der Waals surface area contributed by atoms with Gasteiger partial charge >= 0.3 is 6.03 Å². The molecular weight excluding hydrogens is 468 g/mol. The molecular formula is C22H23ClN4O5S. The minimum atomic E-state index is -3.65. The molecule has 1 N–H and O–H groups in total. The number of nitrogens with zero attached hydrogens (tertiary/aromatic N) is 3. The van der Waals surface area contributed by atoms with Gasteiger partial charge in [-0.05, 0) is 25.1 Å². The zero-order chi connectivity index (χ0) is 23.8. The molecule has 0 bridgehead atoms. The van der Waals surface area contributed by atoms with E-state index in [2.05, 4.69) is 5.32 Å². The molecule has 0 saturated carbocycles. The normalized spacial score (nSPS) is 21.9. The van der Waals surface area contributed by atoms with Crippen LogP contribution in [0, 0.1) is 0 Å². The third-order valence-electron chi connectivity index (χ3n) is 5.95. The molecule has 4 amide bonds. The first-order chi connectivity index (χ1) is 15.6. The van der Waals surface area contributed by atoms with Crippen LogP contribution in [0.5, 0.6) is 0 Å². The van der Waals surface area contributed by atoms with Crippen molar-refractivity contribution < 1.29 is 22.8 Å². The molecule has 0 radical (unpaired) electrons. The Morgan fingerprint density at radius 3 is 2.24 bits per heavy atom. The standard InChI is InChI=1S/C22H23ClN4O5S/c1-22(17-9-5-6-10-18(17)23)20(29)27(21(30)24-22)15-19(28)25-11-13-26(14-12-25)33(31,32)16-7-3-2-4-8-16/h2-10H,11-15H2,1H3,(H,24,30)/t22-/m1/s1. The third-order valence-corrected chi connectivity index (χ3v) is 8.20. The molecule has 0 spiro atoms. The van der Waals surface area contributed by atoms with Crippen LogP contribution in [0.4, 0.5) is 4.79 Å². The molecule has 9 nitrogen and oxygen atoms in total. The lowest BCUT2D eigenvalue weighted by molar-refractivity contribution is -0.139. The highest BCUT2D eigenvalue weighted by atomic mass is 35.5. The van der Waals surface area contributed by atoms with Crippen molar-refractivity contribution in [3.63, 3.8) is 0 Å². The third kappa shape index (κ3) is 4.21. The zero-order valence-corrected chi connectivity index (χ0v) is 19.5. The van der Waals surface area contributed by atoms with Crippen molar-refractivity contribution in [3.8, 4) is 0 Å². The van der Waals surface area contributed by atoms with Crippen LogP contribution in [0.3, 0.4) is 0 Å². The molecule has 0 aromatic heterocycles. The first kappa shape index (κ1) is 23.2. The topological polar surface area (TPSA) is 107 Å². The lowest BCUT2D eigenvalue weighted by atomic mass is 9.92. The van der Waals surface area contributed by atoms with Gasteiger partial charge in [-0.3, -0.25) is 14.5 Å². The van der Waals surface area contributed by atoms with Crippen LogP contribution in [0.2, 0.25) is 5.02 Å². The van der Waals surface area contributed by atoms with Gasteiger partial charge in [0.15, 0.2) is 0 Å². The van der Waals surface area contributed by atoms with E-state index >= 15 is 0 Å². The summed E-state index contributed by atoms with van der Waals surface area (Å²) in [6.45, 7) is 1.69. The molecule has 0 unspecified atom stereocenters. The van der Waals surface area contributed by atoms with Crippen LogP contribution in [-0.4, -0.2) is 73.1 Å². The second kappa shape index (κ2) is 8.77. The Morgan fingerprint density at radius 2 is 1.61 bits per heavy atom. The number of imide groups is 1. The first-order valence-corrected chi connectivity index (χ1v) is 12.2. The summed E-state index contributed by atoms with van der Waals surface area (Å²) in [5, 5.41) is 2.97. The average molecular weight is 491 g/mol. The van der Waals surface area contributed by atoms with Crippen LogP contribution < -0.4 is 5.32 Å². The van der Waals surface area contributed by atoms with E-state index in [1.54, 1.807) is 49.4 Å². The van der Waals surface area contributed by atoms with Crippen molar-refractivity contribution in [3.05, 3.63) is 65.2 Å². The number of halogens is 1. The summed E-state index contributed by atoms with van der Waals surface area (Å²) in [4.78, 5) is 41.0. The van der Waals surface area contributed by atoms with Crippen molar-refractivity contribution in [2.45, 2.75) is 17.4 Å². The molecule has 2 aromatic carbocycles. The van der Waals surface area contributed by atoms with Gasteiger partial charge in [-0.2, -0.15) is 4.31 Å². The van der Waals surface area contributed by atoms with Crippen LogP contribution in [0.25, 0.3) is 0 Å². The number of nitrogens with one attached hydrogen (secondary N) is 1. The number of amides is 4. The SMILES string of the molecule is C[C@]1(c2ccccc2Cl)NC(=O)N(CC(=O)N2CCN(S(=O)(=O)c3ccccc3)CC2)C1=O. The Balaban J connectivity index is 1.41. The maximum atomic E-state index is 13.1. The Kier molecular flexibility index (Phi) is 6.17. The minimum Gasteiger partial charge on any atom is -0.338 e. The Morgan fingerprint density at radius 1 is 1.00 bits per heavy atom. The fourth-order valence-corrected chi connectivity index (χ4v) is 5.81. The number of carbonyl (C=O) groups excluding carboxylic acids is 3. The van der Waals surface area contributed by atoms with E-state index in [-0.39, 0.29) is 31.1 Å². The number of carbonyl (C=O) groups is 3. The van der Waals surface area contributed by atoms with Crippen LogP contribution in [0.1, 0.15) is 12.5 Å². The van der Waals surface area contributed by atoms with Gasteiger partial charge in [0.1, 0.15) is 12.1 Å². The van der Waals surface area contributed by atoms with E-state index in [0.29, 0.717) is 10.6 Å². The number of hydrogen-bond donors (Lipinski definition) is 1. The maximum absolute atomic E-state index is 13.1. The smallest absolute Gasteiger partial charge is 0.325 e. The summed E-state index contributed by atoms with van der Waals surface area (Å²) in [5.41, 5.74) is -0.933. The van der Waals surface area contributed by atoms with Crippen molar-refractivity contribution in [1.82, 2.24) is 19.4 Å². The van der Waals surface area contributed by atoms with Gasteiger partial charge in [0.05, 0.1) is 4.90 Å². The second-order valence-corrected chi connectivity index (χ2v) is 10.4. The molecule has 2 aliphatic heterocycles. The zero-order valence-electron chi connectivity index (χ0n) is 17.9. The summed E-state index contributed by atoms with van der Waals surface area (Å²) in [6, 6.07) is 14.1. The summed E-state index contributed by atoms with van der Waals surface area (Å²) in [6.07, 6.45) is 0. The fourth-order valence-electron chi connectivity index (χ4n) is 4.04. The maximum Gasteiger partial charge on any atom is 0.325 e. The molecule has 2 fully saturated rings. The van der Waals surface area contributed by atoms with Gasteiger partial charge in [0, 0.05) is 36.8 Å². The number of hydrogen-bond acceptors (Lipinski definition) is 5. The van der Waals surface area contributed by atoms with E-state index in [1.807, 2.05) is 0 Å². The summed E-state index contributed by atoms with van der Waals surface area (Å²) >= 11 is 6.23. The van der Waals surface area contributed by atoms with Gasteiger partial charge in [0.25, 0.3) is 5.91 Å². The van der Waals surface area contributed by atoms with Crippen molar-refractivity contribution >= 4 is 39.5 Å². The minimum absolute atomic E-state index is 0.125. The van der Waals surface area contributed by atoms with E-state index in [9.17, 15) is 22.8 Å². The van der Waals surface area contributed by atoms with E-state index < -0.39 is 40.0 Å². The van der Waals surface area contributed by atoms with E-state index in [1.165, 1.54) is 21.3 Å². The van der Waals surface area contributed by atoms with Crippen LogP contribution in [-0.2, 0) is 25.2 Å². The molecule has 2 aliphatic rings. The molecule has 2 heterocycles. The number of urea groups is 1. The van der Waals surface area contributed by atoms with Gasteiger partial charge in [0.2, 0.25) is 15.9 Å². The highest BCUT2D eigenvalue weighted by molar-refractivity contribution is 7.89. The summed E-state index contributed by atoms with van der Waals surface area (Å²) in [7, 11) is -3.65. The Labute approximate surface area is 197 Å². The Bertz CT molecular complexity index is 1200. The van der Waals surface area contributed by atoms with Crippen molar-refractivity contribution in [2.75, 3.05) is 32.7 Å². The lowest BCUT2D eigenvalue weighted by Gasteiger charge is -2.34. The molecule has 4 rings (SSSR count). The van der Waals surface area contributed by atoms with Gasteiger partial charge < -0.3 is 10.2 Å².